The Morgan fingerprint density at radius 2 is 0.821 bits per heavy atom. The predicted octanol–water partition coefficient (Wildman–Crippen LogP) is 13.5. The summed E-state index contributed by atoms with van der Waals surface area (Å²) in [5, 5.41) is 9.75. The fourth-order valence-corrected chi connectivity index (χ4v) is 8.90. The molecule has 9 aromatic carbocycles. The molecule has 0 spiro atoms. The summed E-state index contributed by atoms with van der Waals surface area (Å²) >= 11 is 0. The first-order chi connectivity index (χ1) is 27.8. The van der Waals surface area contributed by atoms with Crippen molar-refractivity contribution in [2.24, 2.45) is 0 Å². The summed E-state index contributed by atoms with van der Waals surface area (Å²) in [6, 6.07) is 69.6. The van der Waals surface area contributed by atoms with Gasteiger partial charge in [0, 0.05) is 44.0 Å². The average Bonchev–Trinajstić information content (AvgIpc) is 3.77. The second-order valence-electron chi connectivity index (χ2n) is 14.6. The van der Waals surface area contributed by atoms with Crippen molar-refractivity contribution >= 4 is 76.2 Å². The minimum absolute atomic E-state index is 0.871. The van der Waals surface area contributed by atoms with E-state index < -0.39 is 0 Å². The van der Waals surface area contributed by atoms with Crippen LogP contribution >= 0.6 is 0 Å². The first-order valence-electron chi connectivity index (χ1n) is 19.1. The van der Waals surface area contributed by atoms with Gasteiger partial charge in [0.05, 0.1) is 44.5 Å². The van der Waals surface area contributed by atoms with Crippen LogP contribution in [0.5, 0.6) is 0 Å². The van der Waals surface area contributed by atoms with Crippen molar-refractivity contribution in [1.82, 2.24) is 19.1 Å². The van der Waals surface area contributed by atoms with Crippen molar-refractivity contribution in [2.75, 3.05) is 0 Å². The molecule has 4 nitrogen and oxygen atoms in total. The average molecular weight is 713 g/mol. The molecule has 260 valence electrons. The summed E-state index contributed by atoms with van der Waals surface area (Å²) < 4.78 is 4.81. The second-order valence-corrected chi connectivity index (χ2v) is 14.6. The summed E-state index contributed by atoms with van der Waals surface area (Å²) in [5.74, 6) is 0. The Hall–Kier alpha value is -7.56. The van der Waals surface area contributed by atoms with E-state index in [0.29, 0.717) is 0 Å². The molecule has 0 radical (unpaired) electrons. The van der Waals surface area contributed by atoms with Gasteiger partial charge in [0.15, 0.2) is 0 Å². The molecule has 0 fully saturated rings. The van der Waals surface area contributed by atoms with Gasteiger partial charge in [-0.1, -0.05) is 127 Å². The molecular weight excluding hydrogens is 681 g/mol. The van der Waals surface area contributed by atoms with Gasteiger partial charge in [0.1, 0.15) is 0 Å². The number of hydrogen-bond acceptors (Lipinski definition) is 2. The Bertz CT molecular complexity index is 3480. The van der Waals surface area contributed by atoms with Crippen molar-refractivity contribution in [3.05, 3.63) is 194 Å². The van der Waals surface area contributed by atoms with Gasteiger partial charge in [-0.05, 0) is 88.3 Å². The highest BCUT2D eigenvalue weighted by atomic mass is 15.0. The van der Waals surface area contributed by atoms with Crippen molar-refractivity contribution < 1.29 is 0 Å². The molecule has 0 saturated heterocycles. The van der Waals surface area contributed by atoms with E-state index in [0.717, 1.165) is 55.8 Å². The van der Waals surface area contributed by atoms with Crippen LogP contribution < -0.4 is 0 Å². The lowest BCUT2D eigenvalue weighted by atomic mass is 9.98. The van der Waals surface area contributed by atoms with Crippen LogP contribution in [0.15, 0.2) is 194 Å². The molecule has 0 unspecified atom stereocenters. The number of fused-ring (bicyclic) bond motifs is 9. The lowest BCUT2D eigenvalue weighted by molar-refractivity contribution is 1.17. The Morgan fingerprint density at radius 1 is 0.304 bits per heavy atom. The van der Waals surface area contributed by atoms with Crippen LogP contribution in [0.25, 0.3) is 110 Å². The first kappa shape index (κ1) is 30.9. The predicted molar refractivity (Wildman–Crippen MR) is 234 cm³/mol. The third kappa shape index (κ3) is 4.60. The maximum absolute atomic E-state index is 5.26. The molecule has 12 rings (SSSR count). The minimum Gasteiger partial charge on any atom is -0.309 e. The third-order valence-corrected chi connectivity index (χ3v) is 11.5. The molecule has 0 aliphatic heterocycles. The van der Waals surface area contributed by atoms with Crippen LogP contribution in [0.2, 0.25) is 0 Å². The molecule has 56 heavy (non-hydrogen) atoms. The minimum atomic E-state index is 0.871. The van der Waals surface area contributed by atoms with Crippen LogP contribution in [0.3, 0.4) is 0 Å². The topological polar surface area (TPSA) is 35.6 Å². The van der Waals surface area contributed by atoms with Gasteiger partial charge in [0.2, 0.25) is 0 Å². The van der Waals surface area contributed by atoms with Gasteiger partial charge in [-0.3, -0.25) is 0 Å². The zero-order valence-corrected chi connectivity index (χ0v) is 30.3. The molecule has 0 bridgehead atoms. The third-order valence-electron chi connectivity index (χ3n) is 11.5. The number of benzene rings is 9. The molecule has 0 amide bonds. The number of rotatable bonds is 4. The highest BCUT2D eigenvalue weighted by Gasteiger charge is 2.19. The van der Waals surface area contributed by atoms with Crippen molar-refractivity contribution in [3.63, 3.8) is 0 Å². The standard InChI is InChI=1S/C52H32N4/c1-2-14-36-31-50-43(30-35(36)13-1)44-32-38(56-47-22-9-5-17-40(47)41-18-6-10-23-48(41)56)28-29-49(44)55(50)37-26-24-34(25-27-37)51-52(54-46-21-8-7-20-45(46)53-51)42-19-11-15-33-12-3-4-16-39(33)42/h1-32H. The summed E-state index contributed by atoms with van der Waals surface area (Å²) in [7, 11) is 0. The normalized spacial score (nSPS) is 11.9. The molecular formula is C52H32N4. The van der Waals surface area contributed by atoms with Crippen molar-refractivity contribution in [3.8, 4) is 33.9 Å². The van der Waals surface area contributed by atoms with Gasteiger partial charge in [-0.2, -0.15) is 0 Å². The van der Waals surface area contributed by atoms with Gasteiger partial charge in [-0.15, -0.1) is 0 Å². The fourth-order valence-electron chi connectivity index (χ4n) is 8.90. The molecule has 0 saturated carbocycles. The van der Waals surface area contributed by atoms with Gasteiger partial charge in [-0.25, -0.2) is 9.97 Å². The molecule has 3 heterocycles. The SMILES string of the molecule is c1ccc2cc3c(cc2c1)c1cc(-n2c4ccccc4c4ccccc42)ccc1n3-c1ccc(-c2nc3ccccc3nc2-c2cccc3ccccc23)cc1. The van der Waals surface area contributed by atoms with Gasteiger partial charge in [0.25, 0.3) is 0 Å². The zero-order valence-electron chi connectivity index (χ0n) is 30.3. The van der Waals surface area contributed by atoms with Gasteiger partial charge >= 0.3 is 0 Å². The smallest absolute Gasteiger partial charge is 0.0979 e. The molecule has 4 heteroatoms. The van der Waals surface area contributed by atoms with E-state index >= 15 is 0 Å². The quantitative estimate of drug-likeness (QED) is 0.182. The lowest BCUT2D eigenvalue weighted by Crippen LogP contribution is -1.98. The van der Waals surface area contributed by atoms with Crippen molar-refractivity contribution in [1.29, 1.82) is 0 Å². The highest BCUT2D eigenvalue weighted by molar-refractivity contribution is 6.15. The maximum Gasteiger partial charge on any atom is 0.0979 e. The van der Waals surface area contributed by atoms with E-state index in [1.165, 1.54) is 54.3 Å². The number of hydrogen-bond donors (Lipinski definition) is 0. The van der Waals surface area contributed by atoms with Crippen molar-refractivity contribution in [2.45, 2.75) is 0 Å². The number of aromatic nitrogens is 4. The monoisotopic (exact) mass is 712 g/mol. The molecule has 3 aromatic heterocycles. The van der Waals surface area contributed by atoms with E-state index in [-0.39, 0.29) is 0 Å². The van der Waals surface area contributed by atoms with Crippen LogP contribution in [0, 0.1) is 0 Å². The van der Waals surface area contributed by atoms with E-state index in [1.54, 1.807) is 0 Å². The molecule has 12 aromatic rings. The van der Waals surface area contributed by atoms with E-state index in [2.05, 4.69) is 179 Å². The van der Waals surface area contributed by atoms with Crippen LogP contribution in [-0.2, 0) is 0 Å². The number of para-hydroxylation sites is 4. The summed E-state index contributed by atoms with van der Waals surface area (Å²) in [6.07, 6.45) is 0. The largest absolute Gasteiger partial charge is 0.309 e. The van der Waals surface area contributed by atoms with Crippen LogP contribution in [-0.4, -0.2) is 19.1 Å². The van der Waals surface area contributed by atoms with E-state index in [4.69, 9.17) is 9.97 Å². The molecule has 0 N–H and O–H groups in total. The maximum atomic E-state index is 5.26. The fraction of sp³-hybridized carbons (Fsp3) is 0. The lowest BCUT2D eigenvalue weighted by Gasteiger charge is -2.14. The second kappa shape index (κ2) is 12.0. The van der Waals surface area contributed by atoms with E-state index in [9.17, 15) is 0 Å². The van der Waals surface area contributed by atoms with Crippen LogP contribution in [0.1, 0.15) is 0 Å². The first-order valence-corrected chi connectivity index (χ1v) is 19.1. The summed E-state index contributed by atoms with van der Waals surface area (Å²) in [5.41, 5.74) is 12.6. The van der Waals surface area contributed by atoms with E-state index in [1.807, 2.05) is 24.3 Å². The Morgan fingerprint density at radius 3 is 1.55 bits per heavy atom. The summed E-state index contributed by atoms with van der Waals surface area (Å²) in [6.45, 7) is 0. The molecule has 0 atom stereocenters. The Kier molecular flexibility index (Phi) is 6.60. The Labute approximate surface area is 322 Å². The molecule has 0 aliphatic carbocycles. The Balaban J connectivity index is 1.07. The summed E-state index contributed by atoms with van der Waals surface area (Å²) in [4.78, 5) is 10.5. The highest BCUT2D eigenvalue weighted by Crippen LogP contribution is 2.40. The van der Waals surface area contributed by atoms with Gasteiger partial charge < -0.3 is 9.13 Å². The van der Waals surface area contributed by atoms with Crippen LogP contribution in [0.4, 0.5) is 0 Å². The number of nitrogens with zero attached hydrogens (tertiary/aromatic N) is 4. The zero-order chi connectivity index (χ0) is 36.7. The molecule has 0 aliphatic rings.